The molecule has 2 unspecified atom stereocenters. The van der Waals surface area contributed by atoms with E-state index in [0.29, 0.717) is 23.7 Å². The number of carbonyl (C=O) groups is 1. The molecule has 2 atom stereocenters. The van der Waals surface area contributed by atoms with Crippen molar-refractivity contribution in [2.75, 3.05) is 25.5 Å². The number of fused-ring (bicyclic) bond motifs is 1. The molecule has 1 aromatic heterocycles. The van der Waals surface area contributed by atoms with Gasteiger partial charge in [0.05, 0.1) is 7.11 Å². The Bertz CT molecular complexity index is 481. The molecule has 2 N–H and O–H groups in total. The normalized spacial score (nSPS) is 28.7. The number of aryl methyl sites for hydroxylation is 1. The first kappa shape index (κ1) is 11.4. The van der Waals surface area contributed by atoms with Crippen LogP contribution in [0.25, 0.3) is 0 Å². The van der Waals surface area contributed by atoms with Gasteiger partial charge in [-0.3, -0.25) is 0 Å². The van der Waals surface area contributed by atoms with Crippen molar-refractivity contribution in [2.45, 2.75) is 13.0 Å². The molecule has 2 fully saturated rings. The van der Waals surface area contributed by atoms with Crippen molar-refractivity contribution < 1.29 is 9.53 Å². The van der Waals surface area contributed by atoms with Crippen LogP contribution < -0.4 is 10.6 Å². The van der Waals surface area contributed by atoms with E-state index in [1.807, 2.05) is 13.0 Å². The summed E-state index contributed by atoms with van der Waals surface area (Å²) < 4.78 is 4.64. The predicted octanol–water partition coefficient (Wildman–Crippen LogP) is 0.201. The zero-order valence-corrected chi connectivity index (χ0v) is 10.4. The molecule has 1 saturated carbocycles. The zero-order chi connectivity index (χ0) is 12.7. The van der Waals surface area contributed by atoms with E-state index in [-0.39, 0.29) is 5.82 Å². The summed E-state index contributed by atoms with van der Waals surface area (Å²) in [7, 11) is 1.33. The second kappa shape index (κ2) is 4.20. The van der Waals surface area contributed by atoms with Crippen LogP contribution in [0.15, 0.2) is 6.07 Å². The fourth-order valence-electron chi connectivity index (χ4n) is 2.63. The van der Waals surface area contributed by atoms with Crippen LogP contribution >= 0.6 is 0 Å². The lowest BCUT2D eigenvalue weighted by Gasteiger charge is -2.09. The van der Waals surface area contributed by atoms with Crippen LogP contribution in [0, 0.1) is 18.8 Å². The van der Waals surface area contributed by atoms with E-state index in [1.165, 1.54) is 7.11 Å². The first-order valence-corrected chi connectivity index (χ1v) is 6.10. The fraction of sp³-hybridized carbons (Fsp3) is 0.583. The van der Waals surface area contributed by atoms with Crippen molar-refractivity contribution >= 4 is 11.8 Å². The zero-order valence-electron chi connectivity index (χ0n) is 10.4. The third kappa shape index (κ3) is 1.92. The summed E-state index contributed by atoms with van der Waals surface area (Å²) in [5.41, 5.74) is 0.761. The third-order valence-corrected chi connectivity index (χ3v) is 3.63. The van der Waals surface area contributed by atoms with Gasteiger partial charge in [-0.2, -0.15) is 0 Å². The molecule has 0 spiro atoms. The lowest BCUT2D eigenvalue weighted by atomic mass is 10.3. The molecule has 0 bridgehead atoms. The lowest BCUT2D eigenvalue weighted by molar-refractivity contribution is 0.0586. The highest BCUT2D eigenvalue weighted by molar-refractivity contribution is 5.85. The Kier molecular flexibility index (Phi) is 2.66. The van der Waals surface area contributed by atoms with Gasteiger partial charge >= 0.3 is 5.97 Å². The standard InChI is InChI=1S/C12H16N4O2/c1-6-3-9(16-11(14-6)12(17)18-2)15-10-7-4-13-5-8(7)10/h3,7-8,10,13H,4-5H2,1-2H3,(H,14,15,16). The van der Waals surface area contributed by atoms with Gasteiger partial charge in [0.2, 0.25) is 5.82 Å². The van der Waals surface area contributed by atoms with Crippen molar-refractivity contribution in [2.24, 2.45) is 11.8 Å². The maximum atomic E-state index is 11.4. The number of anilines is 1. The average Bonchev–Trinajstić information content (AvgIpc) is 2.80. The molecule has 6 nitrogen and oxygen atoms in total. The summed E-state index contributed by atoms with van der Waals surface area (Å²) in [5, 5.41) is 6.72. The van der Waals surface area contributed by atoms with Crippen LogP contribution in [-0.2, 0) is 4.74 Å². The van der Waals surface area contributed by atoms with Crippen molar-refractivity contribution in [1.82, 2.24) is 15.3 Å². The summed E-state index contributed by atoms with van der Waals surface area (Å²) in [4.78, 5) is 19.7. The van der Waals surface area contributed by atoms with E-state index in [1.54, 1.807) is 0 Å². The minimum absolute atomic E-state index is 0.115. The van der Waals surface area contributed by atoms with Gasteiger partial charge in [-0.05, 0) is 18.8 Å². The molecule has 3 rings (SSSR count). The van der Waals surface area contributed by atoms with Gasteiger partial charge in [0, 0.05) is 30.9 Å². The van der Waals surface area contributed by atoms with Gasteiger partial charge in [0.25, 0.3) is 0 Å². The second-order valence-electron chi connectivity index (χ2n) is 4.87. The first-order valence-electron chi connectivity index (χ1n) is 6.10. The number of piperidine rings is 1. The minimum atomic E-state index is -0.501. The van der Waals surface area contributed by atoms with Gasteiger partial charge in [-0.1, -0.05) is 0 Å². The van der Waals surface area contributed by atoms with Gasteiger partial charge in [0.1, 0.15) is 5.82 Å². The number of rotatable bonds is 3. The molecule has 1 saturated heterocycles. The molecule has 1 aromatic rings. The number of hydrogen-bond donors (Lipinski definition) is 2. The fourth-order valence-corrected chi connectivity index (χ4v) is 2.63. The summed E-state index contributed by atoms with van der Waals surface area (Å²) >= 11 is 0. The number of methoxy groups -OCH3 is 1. The largest absolute Gasteiger partial charge is 0.463 e. The molecule has 6 heteroatoms. The van der Waals surface area contributed by atoms with Gasteiger partial charge in [0.15, 0.2) is 0 Å². The van der Waals surface area contributed by atoms with E-state index in [2.05, 4.69) is 25.3 Å². The average molecular weight is 248 g/mol. The quantitative estimate of drug-likeness (QED) is 0.744. The number of nitrogens with zero attached hydrogens (tertiary/aromatic N) is 2. The van der Waals surface area contributed by atoms with Crippen LogP contribution in [0.4, 0.5) is 5.82 Å². The van der Waals surface area contributed by atoms with Crippen molar-refractivity contribution in [3.63, 3.8) is 0 Å². The first-order chi connectivity index (χ1) is 8.69. The highest BCUT2D eigenvalue weighted by Crippen LogP contribution is 2.43. The molecule has 0 amide bonds. The maximum absolute atomic E-state index is 11.4. The predicted molar refractivity (Wildman–Crippen MR) is 65.4 cm³/mol. The molecule has 2 aliphatic rings. The second-order valence-corrected chi connectivity index (χ2v) is 4.87. The van der Waals surface area contributed by atoms with Crippen molar-refractivity contribution in [3.05, 3.63) is 17.6 Å². The summed E-state index contributed by atoms with van der Waals surface area (Å²) in [6.45, 7) is 3.97. The van der Waals surface area contributed by atoms with Crippen molar-refractivity contribution in [1.29, 1.82) is 0 Å². The number of nitrogens with one attached hydrogen (secondary N) is 2. The Labute approximate surface area is 105 Å². The SMILES string of the molecule is COC(=O)c1nc(C)cc(NC2C3CNCC32)n1. The lowest BCUT2D eigenvalue weighted by Crippen LogP contribution is -2.22. The Morgan fingerprint density at radius 2 is 2.17 bits per heavy atom. The topological polar surface area (TPSA) is 76.1 Å². The summed E-state index contributed by atoms with van der Waals surface area (Å²) in [5.74, 6) is 1.72. The number of hydrogen-bond acceptors (Lipinski definition) is 6. The van der Waals surface area contributed by atoms with Crippen LogP contribution in [0.2, 0.25) is 0 Å². The van der Waals surface area contributed by atoms with E-state index in [0.717, 1.165) is 18.8 Å². The third-order valence-electron chi connectivity index (χ3n) is 3.63. The van der Waals surface area contributed by atoms with E-state index in [4.69, 9.17) is 0 Å². The Morgan fingerprint density at radius 3 is 2.83 bits per heavy atom. The van der Waals surface area contributed by atoms with Crippen LogP contribution in [-0.4, -0.2) is 42.2 Å². The number of ether oxygens (including phenoxy) is 1. The summed E-state index contributed by atoms with van der Waals surface area (Å²) in [6.07, 6.45) is 0. The smallest absolute Gasteiger partial charge is 0.376 e. The molecule has 0 radical (unpaired) electrons. The molecular formula is C12H16N4O2. The van der Waals surface area contributed by atoms with Gasteiger partial charge < -0.3 is 15.4 Å². The highest BCUT2D eigenvalue weighted by Gasteiger charge is 2.53. The molecular weight excluding hydrogens is 232 g/mol. The number of carbonyl (C=O) groups excluding carboxylic acids is 1. The number of aromatic nitrogens is 2. The van der Waals surface area contributed by atoms with Crippen LogP contribution in [0.5, 0.6) is 0 Å². The molecule has 1 aliphatic heterocycles. The maximum Gasteiger partial charge on any atom is 0.376 e. The van der Waals surface area contributed by atoms with Gasteiger partial charge in [-0.25, -0.2) is 14.8 Å². The summed E-state index contributed by atoms with van der Waals surface area (Å²) in [6, 6.07) is 2.33. The van der Waals surface area contributed by atoms with Crippen molar-refractivity contribution in [3.8, 4) is 0 Å². The number of esters is 1. The van der Waals surface area contributed by atoms with E-state index < -0.39 is 5.97 Å². The minimum Gasteiger partial charge on any atom is -0.463 e. The molecule has 96 valence electrons. The van der Waals surface area contributed by atoms with Gasteiger partial charge in [-0.15, -0.1) is 0 Å². The molecule has 1 aliphatic carbocycles. The molecule has 2 heterocycles. The highest BCUT2D eigenvalue weighted by atomic mass is 16.5. The van der Waals surface area contributed by atoms with E-state index >= 15 is 0 Å². The van der Waals surface area contributed by atoms with Crippen LogP contribution in [0.3, 0.4) is 0 Å². The Hall–Kier alpha value is -1.69. The molecule has 18 heavy (non-hydrogen) atoms. The Balaban J connectivity index is 1.75. The Morgan fingerprint density at radius 1 is 1.44 bits per heavy atom. The monoisotopic (exact) mass is 248 g/mol. The van der Waals surface area contributed by atoms with Crippen LogP contribution in [0.1, 0.15) is 16.3 Å². The molecule has 0 aromatic carbocycles. The van der Waals surface area contributed by atoms with E-state index in [9.17, 15) is 4.79 Å².